The lowest BCUT2D eigenvalue weighted by Gasteiger charge is -2.37. The van der Waals surface area contributed by atoms with Gasteiger partial charge >= 0.3 is 6.09 Å². The maximum atomic E-state index is 10.9. The molecule has 2 heterocycles. The van der Waals surface area contributed by atoms with Crippen molar-refractivity contribution in [3.63, 3.8) is 0 Å². The molecule has 4 nitrogen and oxygen atoms in total. The highest BCUT2D eigenvalue weighted by atomic mass is 16.4. The van der Waals surface area contributed by atoms with E-state index in [-0.39, 0.29) is 12.1 Å². The summed E-state index contributed by atoms with van der Waals surface area (Å²) in [6, 6.07) is 0.754. The first-order chi connectivity index (χ1) is 5.70. The van der Waals surface area contributed by atoms with Crippen LogP contribution in [0.1, 0.15) is 19.8 Å². The minimum absolute atomic E-state index is 0.209. The van der Waals surface area contributed by atoms with Crippen LogP contribution in [0.25, 0.3) is 0 Å². The average molecular weight is 170 g/mol. The highest BCUT2D eigenvalue weighted by molar-refractivity contribution is 5.66. The van der Waals surface area contributed by atoms with Gasteiger partial charge in [-0.05, 0) is 19.8 Å². The van der Waals surface area contributed by atoms with Crippen molar-refractivity contribution in [1.29, 1.82) is 0 Å². The van der Waals surface area contributed by atoms with Crippen LogP contribution in [0.5, 0.6) is 0 Å². The van der Waals surface area contributed by atoms with E-state index in [9.17, 15) is 4.79 Å². The maximum Gasteiger partial charge on any atom is 0.407 e. The molecule has 0 aromatic heterocycles. The third-order valence-electron chi connectivity index (χ3n) is 3.02. The van der Waals surface area contributed by atoms with Gasteiger partial charge in [0.05, 0.1) is 6.04 Å². The Balaban J connectivity index is 2.18. The highest BCUT2D eigenvalue weighted by Crippen LogP contribution is 2.29. The van der Waals surface area contributed by atoms with Gasteiger partial charge in [0.15, 0.2) is 0 Å². The Labute approximate surface area is 71.5 Å². The first-order valence-corrected chi connectivity index (χ1v) is 4.45. The Morgan fingerprint density at radius 2 is 2.33 bits per heavy atom. The van der Waals surface area contributed by atoms with Gasteiger partial charge in [0.1, 0.15) is 0 Å². The molecular formula is C8H14N2O2. The number of carbonyl (C=O) groups is 1. The first kappa shape index (κ1) is 7.86. The number of rotatable bonds is 0. The van der Waals surface area contributed by atoms with Gasteiger partial charge in [0.2, 0.25) is 0 Å². The minimum atomic E-state index is -0.754. The zero-order valence-corrected chi connectivity index (χ0v) is 7.16. The van der Waals surface area contributed by atoms with Gasteiger partial charge in [0, 0.05) is 18.6 Å². The van der Waals surface area contributed by atoms with Crippen molar-refractivity contribution in [1.82, 2.24) is 10.2 Å². The van der Waals surface area contributed by atoms with Crippen LogP contribution in [0.4, 0.5) is 4.79 Å². The van der Waals surface area contributed by atoms with Crippen molar-refractivity contribution < 1.29 is 9.90 Å². The Hall–Kier alpha value is -0.770. The van der Waals surface area contributed by atoms with E-state index >= 15 is 0 Å². The number of piperazine rings is 1. The van der Waals surface area contributed by atoms with Crippen LogP contribution < -0.4 is 5.32 Å². The summed E-state index contributed by atoms with van der Waals surface area (Å²) in [6.45, 7) is 2.88. The van der Waals surface area contributed by atoms with Gasteiger partial charge in [0.25, 0.3) is 0 Å². The van der Waals surface area contributed by atoms with Gasteiger partial charge in [-0.3, -0.25) is 4.90 Å². The summed E-state index contributed by atoms with van der Waals surface area (Å²) in [6.07, 6.45) is 1.29. The monoisotopic (exact) mass is 170 g/mol. The summed E-state index contributed by atoms with van der Waals surface area (Å²) in [5, 5.41) is 12.3. The van der Waals surface area contributed by atoms with Crippen LogP contribution in [-0.4, -0.2) is 40.8 Å². The van der Waals surface area contributed by atoms with E-state index in [0.29, 0.717) is 6.04 Å². The van der Waals surface area contributed by atoms with Crippen LogP contribution >= 0.6 is 0 Å². The SMILES string of the molecule is C[C@H]1NC[C@@H]2CC[C@H]1N2C(=O)O. The topological polar surface area (TPSA) is 52.6 Å². The van der Waals surface area contributed by atoms with Crippen LogP contribution in [0.15, 0.2) is 0 Å². The molecule has 0 spiro atoms. The lowest BCUT2D eigenvalue weighted by molar-refractivity contribution is 0.0945. The molecule has 0 aromatic carbocycles. The predicted octanol–water partition coefficient (Wildman–Crippen LogP) is 0.489. The molecule has 12 heavy (non-hydrogen) atoms. The molecule has 3 atom stereocenters. The molecule has 1 amide bonds. The van der Waals surface area contributed by atoms with Crippen molar-refractivity contribution in [2.45, 2.75) is 37.9 Å². The van der Waals surface area contributed by atoms with E-state index in [1.54, 1.807) is 4.90 Å². The molecule has 0 unspecified atom stereocenters. The van der Waals surface area contributed by atoms with Crippen LogP contribution in [0, 0.1) is 0 Å². The Morgan fingerprint density at radius 1 is 1.58 bits per heavy atom. The Bertz CT molecular complexity index is 207. The molecule has 2 saturated heterocycles. The fourth-order valence-electron chi connectivity index (χ4n) is 2.36. The number of nitrogens with one attached hydrogen (secondary N) is 1. The minimum Gasteiger partial charge on any atom is -0.465 e. The van der Waals surface area contributed by atoms with Crippen LogP contribution in [0.2, 0.25) is 0 Å². The largest absolute Gasteiger partial charge is 0.465 e. The molecule has 2 bridgehead atoms. The molecule has 2 aliphatic rings. The molecule has 68 valence electrons. The third-order valence-corrected chi connectivity index (χ3v) is 3.02. The first-order valence-electron chi connectivity index (χ1n) is 4.45. The lowest BCUT2D eigenvalue weighted by atomic mass is 10.1. The summed E-state index contributed by atoms with van der Waals surface area (Å²) in [4.78, 5) is 12.5. The molecule has 0 aliphatic carbocycles. The molecule has 2 aliphatic heterocycles. The van der Waals surface area contributed by atoms with E-state index in [1.165, 1.54) is 0 Å². The van der Waals surface area contributed by atoms with Gasteiger partial charge in [-0.2, -0.15) is 0 Å². The summed E-state index contributed by atoms with van der Waals surface area (Å²) in [5.74, 6) is 0. The fourth-order valence-corrected chi connectivity index (χ4v) is 2.36. The standard InChI is InChI=1S/C8H14N2O2/c1-5-7-3-2-6(4-9-5)10(7)8(11)12/h5-7,9H,2-4H2,1H3,(H,11,12)/t5-,6+,7-/m1/s1. The summed E-state index contributed by atoms with van der Waals surface area (Å²) in [7, 11) is 0. The quantitative estimate of drug-likeness (QED) is 0.556. The normalized spacial score (nSPS) is 40.1. The molecule has 4 heteroatoms. The van der Waals surface area contributed by atoms with E-state index in [1.807, 2.05) is 0 Å². The third kappa shape index (κ3) is 0.982. The summed E-state index contributed by atoms with van der Waals surface area (Å²) < 4.78 is 0. The van der Waals surface area contributed by atoms with Crippen molar-refractivity contribution in [2.24, 2.45) is 0 Å². The molecule has 2 rings (SSSR count). The number of amides is 1. The smallest absolute Gasteiger partial charge is 0.407 e. The van der Waals surface area contributed by atoms with Gasteiger partial charge in [-0.1, -0.05) is 0 Å². The second-order valence-electron chi connectivity index (χ2n) is 3.69. The van der Waals surface area contributed by atoms with E-state index in [2.05, 4.69) is 12.2 Å². The van der Waals surface area contributed by atoms with E-state index < -0.39 is 6.09 Å². The average Bonchev–Trinajstić information content (AvgIpc) is 2.35. The molecule has 0 saturated carbocycles. The second kappa shape index (κ2) is 2.62. The summed E-state index contributed by atoms with van der Waals surface area (Å²) in [5.41, 5.74) is 0. The number of hydrogen-bond acceptors (Lipinski definition) is 2. The van der Waals surface area contributed by atoms with Crippen LogP contribution in [-0.2, 0) is 0 Å². The van der Waals surface area contributed by atoms with Gasteiger partial charge < -0.3 is 10.4 Å². The fraction of sp³-hybridized carbons (Fsp3) is 0.875. The number of hydrogen-bond donors (Lipinski definition) is 2. The molecule has 0 radical (unpaired) electrons. The molecule has 0 aromatic rings. The lowest BCUT2D eigenvalue weighted by Crippen LogP contribution is -2.58. The second-order valence-corrected chi connectivity index (χ2v) is 3.69. The summed E-state index contributed by atoms with van der Waals surface area (Å²) >= 11 is 0. The zero-order valence-electron chi connectivity index (χ0n) is 7.16. The Kier molecular flexibility index (Phi) is 1.72. The van der Waals surface area contributed by atoms with Crippen molar-refractivity contribution in [2.75, 3.05) is 6.54 Å². The van der Waals surface area contributed by atoms with Crippen LogP contribution in [0.3, 0.4) is 0 Å². The van der Waals surface area contributed by atoms with Crippen molar-refractivity contribution in [3.05, 3.63) is 0 Å². The van der Waals surface area contributed by atoms with Gasteiger partial charge in [-0.15, -0.1) is 0 Å². The Morgan fingerprint density at radius 3 is 2.92 bits per heavy atom. The van der Waals surface area contributed by atoms with E-state index in [0.717, 1.165) is 19.4 Å². The predicted molar refractivity (Wildman–Crippen MR) is 44.1 cm³/mol. The van der Waals surface area contributed by atoms with E-state index in [4.69, 9.17) is 5.11 Å². The van der Waals surface area contributed by atoms with Crippen molar-refractivity contribution in [3.8, 4) is 0 Å². The zero-order chi connectivity index (χ0) is 8.72. The maximum absolute atomic E-state index is 10.9. The number of carboxylic acid groups (broad SMARTS) is 1. The molecule has 2 N–H and O–H groups in total. The molecule has 2 fully saturated rings. The van der Waals surface area contributed by atoms with Gasteiger partial charge in [-0.25, -0.2) is 4.79 Å². The van der Waals surface area contributed by atoms with Crippen molar-refractivity contribution >= 4 is 6.09 Å². The number of nitrogens with zero attached hydrogens (tertiary/aromatic N) is 1. The number of fused-ring (bicyclic) bond motifs is 2. The highest BCUT2D eigenvalue weighted by Gasteiger charge is 2.42. The molecular weight excluding hydrogens is 156 g/mol.